The summed E-state index contributed by atoms with van der Waals surface area (Å²) in [5.74, 6) is 0. The van der Waals surface area contributed by atoms with Crippen LogP contribution >= 0.6 is 23.2 Å². The Kier molecular flexibility index (Phi) is 5.29. The summed E-state index contributed by atoms with van der Waals surface area (Å²) in [6.07, 6.45) is 6.84. The lowest BCUT2D eigenvalue weighted by atomic mass is 10.1. The minimum absolute atomic E-state index is 0.407. The molecular weight excluding hydrogens is 383 g/mol. The minimum Gasteiger partial charge on any atom is -0.378 e. The average Bonchev–Trinajstić information content (AvgIpc) is 2.66. The SMILES string of the molecule is C[C@H]1CN(c2c(Cl)cncc2NCc2cc3nccnc3cc2Cl)CCN1. The van der Waals surface area contributed by atoms with E-state index in [1.54, 1.807) is 18.6 Å². The highest BCUT2D eigenvalue weighted by atomic mass is 35.5. The number of nitrogens with zero attached hydrogens (tertiary/aromatic N) is 4. The van der Waals surface area contributed by atoms with Crippen LogP contribution < -0.4 is 15.5 Å². The van der Waals surface area contributed by atoms with Gasteiger partial charge in [0.25, 0.3) is 0 Å². The van der Waals surface area contributed by atoms with E-state index in [0.29, 0.717) is 22.6 Å². The molecule has 0 amide bonds. The van der Waals surface area contributed by atoms with Crippen molar-refractivity contribution in [3.63, 3.8) is 0 Å². The zero-order valence-corrected chi connectivity index (χ0v) is 16.4. The third-order valence-corrected chi connectivity index (χ3v) is 5.29. The normalized spacial score (nSPS) is 17.3. The maximum absolute atomic E-state index is 6.49. The second kappa shape index (κ2) is 7.84. The van der Waals surface area contributed by atoms with Gasteiger partial charge in [0.05, 0.1) is 33.6 Å². The van der Waals surface area contributed by atoms with Crippen LogP contribution in [0, 0.1) is 0 Å². The van der Waals surface area contributed by atoms with Gasteiger partial charge in [-0.15, -0.1) is 0 Å². The van der Waals surface area contributed by atoms with Gasteiger partial charge in [-0.2, -0.15) is 0 Å². The first-order valence-electron chi connectivity index (χ1n) is 8.86. The Balaban J connectivity index is 1.60. The lowest BCUT2D eigenvalue weighted by molar-refractivity contribution is 0.485. The Labute approximate surface area is 167 Å². The van der Waals surface area contributed by atoms with Gasteiger partial charge in [0.1, 0.15) is 0 Å². The molecule has 1 aliphatic rings. The van der Waals surface area contributed by atoms with Gasteiger partial charge in [0, 0.05) is 55.8 Å². The number of benzene rings is 1. The summed E-state index contributed by atoms with van der Waals surface area (Å²) in [5, 5.41) is 8.20. The Bertz CT molecular complexity index is 964. The molecule has 0 spiro atoms. The van der Waals surface area contributed by atoms with E-state index in [1.807, 2.05) is 18.3 Å². The third kappa shape index (κ3) is 3.93. The molecule has 0 bridgehead atoms. The molecule has 0 radical (unpaired) electrons. The molecule has 140 valence electrons. The molecule has 1 fully saturated rings. The molecule has 1 atom stereocenters. The van der Waals surface area contributed by atoms with Crippen LogP contribution in [0.2, 0.25) is 10.0 Å². The molecule has 3 heterocycles. The summed E-state index contributed by atoms with van der Waals surface area (Å²) in [4.78, 5) is 15.2. The molecule has 0 saturated carbocycles. The van der Waals surface area contributed by atoms with Crippen LogP contribution in [-0.2, 0) is 6.54 Å². The van der Waals surface area contributed by atoms with E-state index in [9.17, 15) is 0 Å². The number of anilines is 2. The van der Waals surface area contributed by atoms with E-state index >= 15 is 0 Å². The van der Waals surface area contributed by atoms with Crippen molar-refractivity contribution < 1.29 is 0 Å². The van der Waals surface area contributed by atoms with Crippen molar-refractivity contribution >= 4 is 45.6 Å². The molecule has 0 aliphatic carbocycles. The van der Waals surface area contributed by atoms with Crippen molar-refractivity contribution in [2.24, 2.45) is 0 Å². The Hall–Kier alpha value is -2.15. The number of aromatic nitrogens is 3. The number of hydrogen-bond acceptors (Lipinski definition) is 6. The molecule has 1 saturated heterocycles. The second-order valence-electron chi connectivity index (χ2n) is 6.66. The maximum atomic E-state index is 6.49. The van der Waals surface area contributed by atoms with Crippen LogP contribution in [0.5, 0.6) is 0 Å². The fourth-order valence-corrected chi connectivity index (χ4v) is 3.87. The fourth-order valence-electron chi connectivity index (χ4n) is 3.37. The summed E-state index contributed by atoms with van der Waals surface area (Å²) in [6, 6.07) is 4.21. The highest BCUT2D eigenvalue weighted by Crippen LogP contribution is 2.34. The van der Waals surface area contributed by atoms with Crippen molar-refractivity contribution in [1.82, 2.24) is 20.3 Å². The monoisotopic (exact) mass is 402 g/mol. The van der Waals surface area contributed by atoms with Gasteiger partial charge in [-0.25, -0.2) is 0 Å². The van der Waals surface area contributed by atoms with Crippen molar-refractivity contribution in [1.29, 1.82) is 0 Å². The first kappa shape index (κ1) is 18.2. The maximum Gasteiger partial charge on any atom is 0.0901 e. The van der Waals surface area contributed by atoms with E-state index in [0.717, 1.165) is 47.6 Å². The number of piperazine rings is 1. The van der Waals surface area contributed by atoms with Crippen molar-refractivity contribution in [2.45, 2.75) is 19.5 Å². The highest BCUT2D eigenvalue weighted by Gasteiger charge is 2.21. The van der Waals surface area contributed by atoms with Crippen LogP contribution in [0.3, 0.4) is 0 Å². The van der Waals surface area contributed by atoms with Gasteiger partial charge in [-0.05, 0) is 24.6 Å². The third-order valence-electron chi connectivity index (χ3n) is 4.66. The van der Waals surface area contributed by atoms with Gasteiger partial charge in [-0.3, -0.25) is 15.0 Å². The van der Waals surface area contributed by atoms with Gasteiger partial charge in [0.2, 0.25) is 0 Å². The van der Waals surface area contributed by atoms with Crippen molar-refractivity contribution in [2.75, 3.05) is 29.9 Å². The second-order valence-corrected chi connectivity index (χ2v) is 7.48. The Morgan fingerprint density at radius 1 is 1.15 bits per heavy atom. The molecular formula is C19H20Cl2N6. The van der Waals surface area contributed by atoms with Gasteiger partial charge < -0.3 is 15.5 Å². The number of halogens is 2. The molecule has 27 heavy (non-hydrogen) atoms. The Morgan fingerprint density at radius 2 is 1.93 bits per heavy atom. The molecule has 4 rings (SSSR count). The predicted octanol–water partition coefficient (Wildman–Crippen LogP) is 3.74. The number of nitrogens with one attached hydrogen (secondary N) is 2. The van der Waals surface area contributed by atoms with E-state index in [4.69, 9.17) is 23.2 Å². The predicted molar refractivity (Wildman–Crippen MR) is 111 cm³/mol. The fraction of sp³-hybridized carbons (Fsp3) is 0.316. The van der Waals surface area contributed by atoms with Crippen LogP contribution in [0.15, 0.2) is 36.9 Å². The van der Waals surface area contributed by atoms with Gasteiger partial charge in [-0.1, -0.05) is 23.2 Å². The lowest BCUT2D eigenvalue weighted by Crippen LogP contribution is -2.49. The van der Waals surface area contributed by atoms with Crippen LogP contribution in [0.1, 0.15) is 12.5 Å². The zero-order chi connectivity index (χ0) is 18.8. The van der Waals surface area contributed by atoms with E-state index in [2.05, 4.69) is 37.4 Å². The molecule has 1 aromatic carbocycles. The van der Waals surface area contributed by atoms with E-state index in [-0.39, 0.29) is 0 Å². The molecule has 3 aromatic rings. The first-order chi connectivity index (χ1) is 13.1. The minimum atomic E-state index is 0.407. The number of pyridine rings is 1. The summed E-state index contributed by atoms with van der Waals surface area (Å²) in [5.41, 5.74) is 4.43. The first-order valence-corrected chi connectivity index (χ1v) is 9.62. The number of fused-ring (bicyclic) bond motifs is 1. The zero-order valence-electron chi connectivity index (χ0n) is 14.9. The lowest BCUT2D eigenvalue weighted by Gasteiger charge is -2.35. The van der Waals surface area contributed by atoms with E-state index < -0.39 is 0 Å². The summed E-state index contributed by atoms with van der Waals surface area (Å²) in [7, 11) is 0. The van der Waals surface area contributed by atoms with Crippen molar-refractivity contribution in [3.05, 3.63) is 52.5 Å². The quantitative estimate of drug-likeness (QED) is 0.692. The molecule has 1 aliphatic heterocycles. The van der Waals surface area contributed by atoms with Gasteiger partial charge >= 0.3 is 0 Å². The van der Waals surface area contributed by atoms with Crippen molar-refractivity contribution in [3.8, 4) is 0 Å². The molecule has 6 nitrogen and oxygen atoms in total. The summed E-state index contributed by atoms with van der Waals surface area (Å²) < 4.78 is 0. The van der Waals surface area contributed by atoms with Crippen LogP contribution in [-0.4, -0.2) is 40.6 Å². The molecule has 2 aromatic heterocycles. The number of hydrogen-bond donors (Lipinski definition) is 2. The molecule has 0 unspecified atom stereocenters. The summed E-state index contributed by atoms with van der Waals surface area (Å²) in [6.45, 7) is 5.43. The number of rotatable bonds is 4. The average molecular weight is 403 g/mol. The summed E-state index contributed by atoms with van der Waals surface area (Å²) >= 11 is 12.9. The smallest absolute Gasteiger partial charge is 0.0901 e. The molecule has 8 heteroatoms. The Morgan fingerprint density at radius 3 is 2.70 bits per heavy atom. The topological polar surface area (TPSA) is 66.0 Å². The largest absolute Gasteiger partial charge is 0.378 e. The standard InChI is InChI=1S/C19H20Cl2N6/c1-12-11-27(5-4-23-12)19-15(21)9-22-10-18(19)26-8-13-6-16-17(7-14(13)20)25-3-2-24-16/h2-3,6-7,9-10,12,23,26H,4-5,8,11H2,1H3/t12-/m0/s1. The van der Waals surface area contributed by atoms with Crippen LogP contribution in [0.25, 0.3) is 11.0 Å². The highest BCUT2D eigenvalue weighted by molar-refractivity contribution is 6.34. The van der Waals surface area contributed by atoms with Crippen LogP contribution in [0.4, 0.5) is 11.4 Å². The molecule has 2 N–H and O–H groups in total. The van der Waals surface area contributed by atoms with Gasteiger partial charge in [0.15, 0.2) is 0 Å². The van der Waals surface area contributed by atoms with E-state index in [1.165, 1.54) is 0 Å².